The Hall–Kier alpha value is -0.900. The molecule has 0 aliphatic carbocycles. The highest BCUT2D eigenvalue weighted by molar-refractivity contribution is 5.22. The molecule has 4 N–H and O–H groups in total. The van der Waals surface area contributed by atoms with Crippen LogP contribution in [0.4, 0.5) is 0 Å². The van der Waals surface area contributed by atoms with E-state index in [4.69, 9.17) is 11.5 Å². The first kappa shape index (κ1) is 13.2. The molecule has 1 atom stereocenters. The fraction of sp³-hybridized carbons (Fsp3) is 0.538. The van der Waals surface area contributed by atoms with Crippen LogP contribution in [0.15, 0.2) is 24.3 Å². The minimum Gasteiger partial charge on any atom is -0.329 e. The van der Waals surface area contributed by atoms with E-state index in [0.29, 0.717) is 6.54 Å². The number of aryl methyl sites for hydroxylation is 1. The predicted molar refractivity (Wildman–Crippen MR) is 69.2 cm³/mol. The maximum absolute atomic E-state index is 5.81. The van der Waals surface area contributed by atoms with Gasteiger partial charge >= 0.3 is 0 Å². The molecule has 0 heterocycles. The molecule has 3 heteroatoms. The topological polar surface area (TPSA) is 55.3 Å². The summed E-state index contributed by atoms with van der Waals surface area (Å²) >= 11 is 0. The van der Waals surface area contributed by atoms with Crippen molar-refractivity contribution in [1.29, 1.82) is 0 Å². The van der Waals surface area contributed by atoms with E-state index >= 15 is 0 Å². The third-order valence-electron chi connectivity index (χ3n) is 2.73. The van der Waals surface area contributed by atoms with Gasteiger partial charge < -0.3 is 16.4 Å². The van der Waals surface area contributed by atoms with Crippen molar-refractivity contribution in [1.82, 2.24) is 4.90 Å². The smallest absolute Gasteiger partial charge is 0.0292 e. The van der Waals surface area contributed by atoms with Crippen molar-refractivity contribution in [3.63, 3.8) is 0 Å². The average Bonchev–Trinajstić information content (AvgIpc) is 2.29. The van der Waals surface area contributed by atoms with Gasteiger partial charge in [0.1, 0.15) is 0 Å². The molecule has 1 unspecified atom stereocenters. The van der Waals surface area contributed by atoms with Crippen LogP contribution in [0.5, 0.6) is 0 Å². The summed E-state index contributed by atoms with van der Waals surface area (Å²) in [5, 5.41) is 0. The van der Waals surface area contributed by atoms with Crippen LogP contribution >= 0.6 is 0 Å². The number of nitrogens with two attached hydrogens (primary N) is 2. The van der Waals surface area contributed by atoms with Crippen molar-refractivity contribution in [2.45, 2.75) is 25.9 Å². The van der Waals surface area contributed by atoms with Gasteiger partial charge in [0.15, 0.2) is 0 Å². The van der Waals surface area contributed by atoms with Crippen molar-refractivity contribution in [3.05, 3.63) is 35.4 Å². The molecule has 1 aromatic carbocycles. The molecule has 16 heavy (non-hydrogen) atoms. The molecule has 90 valence electrons. The number of benzene rings is 1. The van der Waals surface area contributed by atoms with E-state index < -0.39 is 0 Å². The van der Waals surface area contributed by atoms with Gasteiger partial charge in [0, 0.05) is 25.7 Å². The zero-order chi connectivity index (χ0) is 12.0. The first-order chi connectivity index (χ1) is 7.65. The lowest BCUT2D eigenvalue weighted by atomic mass is 10.1. The summed E-state index contributed by atoms with van der Waals surface area (Å²) in [4.78, 5) is 2.21. The normalized spacial score (nSPS) is 13.1. The molecule has 3 nitrogen and oxygen atoms in total. The van der Waals surface area contributed by atoms with Gasteiger partial charge in [0.25, 0.3) is 0 Å². The molecule has 1 rings (SSSR count). The molecule has 0 spiro atoms. The first-order valence-corrected chi connectivity index (χ1v) is 5.87. The van der Waals surface area contributed by atoms with Crippen LogP contribution in [0.3, 0.4) is 0 Å². The molecule has 0 aliphatic heterocycles. The van der Waals surface area contributed by atoms with Crippen LogP contribution in [0.25, 0.3) is 0 Å². The Bertz CT molecular complexity index is 295. The number of hydrogen-bond donors (Lipinski definition) is 2. The molecule has 0 bridgehead atoms. The number of hydrogen-bond acceptors (Lipinski definition) is 3. The van der Waals surface area contributed by atoms with Gasteiger partial charge in [0.05, 0.1) is 0 Å². The summed E-state index contributed by atoms with van der Waals surface area (Å²) in [6.07, 6.45) is 1.09. The molecule has 0 aromatic heterocycles. The highest BCUT2D eigenvalue weighted by atomic mass is 15.1. The predicted octanol–water partition coefficient (Wildman–Crippen LogP) is 0.967. The Morgan fingerprint density at radius 2 is 1.75 bits per heavy atom. The van der Waals surface area contributed by atoms with E-state index in [-0.39, 0.29) is 6.04 Å². The van der Waals surface area contributed by atoms with Gasteiger partial charge in [-0.25, -0.2) is 0 Å². The van der Waals surface area contributed by atoms with Gasteiger partial charge in [-0.05, 0) is 24.6 Å². The van der Waals surface area contributed by atoms with E-state index in [2.05, 4.69) is 43.1 Å². The van der Waals surface area contributed by atoms with Crippen molar-refractivity contribution in [2.24, 2.45) is 11.5 Å². The van der Waals surface area contributed by atoms with Crippen LogP contribution in [-0.4, -0.2) is 31.1 Å². The highest BCUT2D eigenvalue weighted by Gasteiger charge is 2.05. The monoisotopic (exact) mass is 221 g/mol. The molecular weight excluding hydrogens is 198 g/mol. The molecule has 0 radical (unpaired) electrons. The second-order valence-electron chi connectivity index (χ2n) is 4.36. The van der Waals surface area contributed by atoms with E-state index in [0.717, 1.165) is 19.5 Å². The Kier molecular flexibility index (Phi) is 5.46. The van der Waals surface area contributed by atoms with Crippen LogP contribution in [0.2, 0.25) is 0 Å². The Morgan fingerprint density at radius 3 is 2.25 bits per heavy atom. The second kappa shape index (κ2) is 6.63. The summed E-state index contributed by atoms with van der Waals surface area (Å²) in [5.41, 5.74) is 14.0. The number of likely N-dealkylation sites (N-methyl/N-ethyl adjacent to an activating group) is 1. The summed E-state index contributed by atoms with van der Waals surface area (Å²) in [6.45, 7) is 4.48. The Balaban J connectivity index is 2.46. The molecule has 0 aliphatic rings. The SMILES string of the molecule is CCc1ccc(CN(C)CC(N)CN)cc1. The fourth-order valence-electron chi connectivity index (χ4n) is 1.73. The van der Waals surface area contributed by atoms with Crippen molar-refractivity contribution < 1.29 is 0 Å². The van der Waals surface area contributed by atoms with E-state index in [1.165, 1.54) is 11.1 Å². The third-order valence-corrected chi connectivity index (χ3v) is 2.73. The van der Waals surface area contributed by atoms with Crippen LogP contribution in [0, 0.1) is 0 Å². The number of rotatable bonds is 6. The molecule has 1 aromatic rings. The lowest BCUT2D eigenvalue weighted by Crippen LogP contribution is -2.40. The van der Waals surface area contributed by atoms with Crippen LogP contribution in [-0.2, 0) is 13.0 Å². The van der Waals surface area contributed by atoms with Crippen molar-refractivity contribution >= 4 is 0 Å². The average molecular weight is 221 g/mol. The quantitative estimate of drug-likeness (QED) is 0.752. The van der Waals surface area contributed by atoms with Gasteiger partial charge in [-0.2, -0.15) is 0 Å². The molecular formula is C13H23N3. The highest BCUT2D eigenvalue weighted by Crippen LogP contribution is 2.07. The maximum atomic E-state index is 5.81. The lowest BCUT2D eigenvalue weighted by Gasteiger charge is -2.20. The summed E-state index contributed by atoms with van der Waals surface area (Å²) in [7, 11) is 2.07. The van der Waals surface area contributed by atoms with Crippen molar-refractivity contribution in [3.8, 4) is 0 Å². The third kappa shape index (κ3) is 4.31. The van der Waals surface area contributed by atoms with Crippen LogP contribution < -0.4 is 11.5 Å². The molecule has 0 saturated carbocycles. The van der Waals surface area contributed by atoms with Gasteiger partial charge in [-0.15, -0.1) is 0 Å². The summed E-state index contributed by atoms with van der Waals surface area (Å²) < 4.78 is 0. The zero-order valence-corrected chi connectivity index (χ0v) is 10.3. The van der Waals surface area contributed by atoms with E-state index in [9.17, 15) is 0 Å². The number of nitrogens with zero attached hydrogens (tertiary/aromatic N) is 1. The maximum Gasteiger partial charge on any atom is 0.0292 e. The zero-order valence-electron chi connectivity index (χ0n) is 10.3. The van der Waals surface area contributed by atoms with Gasteiger partial charge in [-0.1, -0.05) is 31.2 Å². The minimum absolute atomic E-state index is 0.0694. The first-order valence-electron chi connectivity index (χ1n) is 5.87. The Morgan fingerprint density at radius 1 is 1.19 bits per heavy atom. The van der Waals surface area contributed by atoms with E-state index in [1.807, 2.05) is 0 Å². The molecule has 0 fully saturated rings. The van der Waals surface area contributed by atoms with Gasteiger partial charge in [-0.3, -0.25) is 0 Å². The molecule has 0 saturated heterocycles. The standard InChI is InChI=1S/C13H23N3/c1-3-11-4-6-12(7-5-11)9-16(2)10-13(15)8-14/h4-7,13H,3,8-10,14-15H2,1-2H3. The summed E-state index contributed by atoms with van der Waals surface area (Å²) in [6, 6.07) is 8.81. The van der Waals surface area contributed by atoms with Crippen LogP contribution in [0.1, 0.15) is 18.1 Å². The second-order valence-corrected chi connectivity index (χ2v) is 4.36. The lowest BCUT2D eigenvalue weighted by molar-refractivity contribution is 0.305. The minimum atomic E-state index is 0.0694. The van der Waals surface area contributed by atoms with Gasteiger partial charge in [0.2, 0.25) is 0 Å². The molecule has 0 amide bonds. The Labute approximate surface area is 98.4 Å². The largest absolute Gasteiger partial charge is 0.329 e. The van der Waals surface area contributed by atoms with Crippen molar-refractivity contribution in [2.75, 3.05) is 20.1 Å². The van der Waals surface area contributed by atoms with E-state index in [1.54, 1.807) is 0 Å². The fourth-order valence-corrected chi connectivity index (χ4v) is 1.73. The summed E-state index contributed by atoms with van der Waals surface area (Å²) in [5.74, 6) is 0.